The highest BCUT2D eigenvalue weighted by Crippen LogP contribution is 2.17. The van der Waals surface area contributed by atoms with Gasteiger partial charge in [-0.25, -0.2) is 0 Å². The lowest BCUT2D eigenvalue weighted by molar-refractivity contribution is -0.118. The molecule has 1 aromatic carbocycles. The second kappa shape index (κ2) is 6.65. The van der Waals surface area contributed by atoms with E-state index in [0.29, 0.717) is 6.42 Å². The molecule has 0 aliphatic rings. The second-order valence-electron chi connectivity index (χ2n) is 4.40. The molecule has 0 heterocycles. The molecule has 0 radical (unpaired) electrons. The monoisotopic (exact) mass is 245 g/mol. The van der Waals surface area contributed by atoms with E-state index in [1.165, 1.54) is 0 Å². The smallest absolute Gasteiger partial charge is 0.241 e. The van der Waals surface area contributed by atoms with Crippen LogP contribution in [0.25, 0.3) is 0 Å². The fourth-order valence-electron chi connectivity index (χ4n) is 1.62. The zero-order valence-electron chi connectivity index (χ0n) is 11.1. The number of anilines is 2. The highest BCUT2D eigenvalue weighted by Gasteiger charge is 2.16. The number of nitrogens with one attached hydrogen (secondary N) is 1. The van der Waals surface area contributed by atoms with Crippen LogP contribution < -0.4 is 10.2 Å². The number of hydrogen-bond acceptors (Lipinski definition) is 3. The van der Waals surface area contributed by atoms with E-state index in [-0.39, 0.29) is 5.91 Å². The molecule has 18 heavy (non-hydrogen) atoms. The maximum atomic E-state index is 11.8. The van der Waals surface area contributed by atoms with Gasteiger partial charge in [-0.2, -0.15) is 5.26 Å². The first-order valence-electron chi connectivity index (χ1n) is 6.06. The quantitative estimate of drug-likeness (QED) is 0.867. The van der Waals surface area contributed by atoms with Gasteiger partial charge in [0.1, 0.15) is 5.92 Å². The van der Waals surface area contributed by atoms with Crippen LogP contribution >= 0.6 is 0 Å². The molecule has 4 heteroatoms. The van der Waals surface area contributed by atoms with Gasteiger partial charge in [0.05, 0.1) is 6.07 Å². The van der Waals surface area contributed by atoms with Crippen LogP contribution in [-0.4, -0.2) is 20.0 Å². The average molecular weight is 245 g/mol. The summed E-state index contributed by atoms with van der Waals surface area (Å²) in [5.74, 6) is -0.791. The Kier molecular flexibility index (Phi) is 5.19. The van der Waals surface area contributed by atoms with Crippen molar-refractivity contribution in [2.24, 2.45) is 5.92 Å². The average Bonchev–Trinajstić information content (AvgIpc) is 2.36. The van der Waals surface area contributed by atoms with Gasteiger partial charge in [-0.3, -0.25) is 4.79 Å². The van der Waals surface area contributed by atoms with Crippen molar-refractivity contribution in [3.05, 3.63) is 24.3 Å². The lowest BCUT2D eigenvalue weighted by Gasteiger charge is -2.13. The maximum Gasteiger partial charge on any atom is 0.241 e. The number of benzene rings is 1. The summed E-state index contributed by atoms with van der Waals surface area (Å²) < 4.78 is 0. The van der Waals surface area contributed by atoms with Crippen molar-refractivity contribution in [3.8, 4) is 6.07 Å². The SMILES string of the molecule is CCCC(C#N)C(=O)Nc1ccc(N(C)C)cc1. The van der Waals surface area contributed by atoms with Crippen molar-refractivity contribution in [2.45, 2.75) is 19.8 Å². The molecule has 0 saturated heterocycles. The van der Waals surface area contributed by atoms with Gasteiger partial charge in [-0.05, 0) is 30.7 Å². The molecule has 1 amide bonds. The number of carbonyl (C=O) groups is 1. The van der Waals surface area contributed by atoms with E-state index in [0.717, 1.165) is 17.8 Å². The molecule has 1 unspecified atom stereocenters. The third kappa shape index (κ3) is 3.77. The molecule has 1 rings (SSSR count). The molecule has 96 valence electrons. The molecule has 0 spiro atoms. The minimum Gasteiger partial charge on any atom is -0.378 e. The van der Waals surface area contributed by atoms with Crippen LogP contribution in [0.2, 0.25) is 0 Å². The summed E-state index contributed by atoms with van der Waals surface area (Å²) in [6, 6.07) is 9.57. The Morgan fingerprint density at radius 3 is 2.44 bits per heavy atom. The largest absolute Gasteiger partial charge is 0.378 e. The fourth-order valence-corrected chi connectivity index (χ4v) is 1.62. The van der Waals surface area contributed by atoms with Gasteiger partial charge in [-0.15, -0.1) is 0 Å². The molecule has 4 nitrogen and oxygen atoms in total. The first-order chi connectivity index (χ1) is 8.58. The third-order valence-corrected chi connectivity index (χ3v) is 2.70. The molecule has 1 atom stereocenters. The van der Waals surface area contributed by atoms with E-state index in [1.807, 2.05) is 56.3 Å². The fraction of sp³-hybridized carbons (Fsp3) is 0.429. The molecule has 1 N–H and O–H groups in total. The zero-order valence-corrected chi connectivity index (χ0v) is 11.1. The van der Waals surface area contributed by atoms with Crippen LogP contribution in [0.5, 0.6) is 0 Å². The lowest BCUT2D eigenvalue weighted by atomic mass is 10.0. The lowest BCUT2D eigenvalue weighted by Crippen LogP contribution is -2.21. The van der Waals surface area contributed by atoms with Crippen molar-refractivity contribution < 1.29 is 4.79 Å². The van der Waals surface area contributed by atoms with Gasteiger partial charge < -0.3 is 10.2 Å². The molecular weight excluding hydrogens is 226 g/mol. The standard InChI is InChI=1S/C14H19N3O/c1-4-5-11(10-15)14(18)16-12-6-8-13(9-7-12)17(2)3/h6-9,11H,4-5H2,1-3H3,(H,16,18). The highest BCUT2D eigenvalue weighted by atomic mass is 16.1. The van der Waals surface area contributed by atoms with Gasteiger partial charge in [0, 0.05) is 25.5 Å². The van der Waals surface area contributed by atoms with Crippen molar-refractivity contribution in [3.63, 3.8) is 0 Å². The summed E-state index contributed by atoms with van der Waals surface area (Å²) in [4.78, 5) is 13.8. The van der Waals surface area contributed by atoms with E-state index < -0.39 is 5.92 Å². The van der Waals surface area contributed by atoms with Crippen LogP contribution in [0, 0.1) is 17.2 Å². The van der Waals surface area contributed by atoms with Gasteiger partial charge in [0.2, 0.25) is 5.91 Å². The summed E-state index contributed by atoms with van der Waals surface area (Å²) >= 11 is 0. The molecule has 0 fully saturated rings. The predicted octanol–water partition coefficient (Wildman–Crippen LogP) is 2.63. The minimum absolute atomic E-state index is 0.225. The Bertz CT molecular complexity index is 431. The van der Waals surface area contributed by atoms with E-state index in [4.69, 9.17) is 5.26 Å². The first kappa shape index (κ1) is 14.0. The van der Waals surface area contributed by atoms with Crippen molar-refractivity contribution in [1.29, 1.82) is 5.26 Å². The van der Waals surface area contributed by atoms with Crippen molar-refractivity contribution >= 4 is 17.3 Å². The first-order valence-corrected chi connectivity index (χ1v) is 6.06. The molecule has 0 aromatic heterocycles. The molecule has 0 aliphatic heterocycles. The Balaban J connectivity index is 2.67. The summed E-state index contributed by atoms with van der Waals surface area (Å²) in [5.41, 5.74) is 1.79. The maximum absolute atomic E-state index is 11.8. The van der Waals surface area contributed by atoms with E-state index in [9.17, 15) is 4.79 Å². The van der Waals surface area contributed by atoms with Crippen LogP contribution in [0.4, 0.5) is 11.4 Å². The molecule has 0 bridgehead atoms. The topological polar surface area (TPSA) is 56.1 Å². The van der Waals surface area contributed by atoms with Gasteiger partial charge >= 0.3 is 0 Å². The number of hydrogen-bond donors (Lipinski definition) is 1. The highest BCUT2D eigenvalue weighted by molar-refractivity contribution is 5.94. The van der Waals surface area contributed by atoms with Crippen molar-refractivity contribution in [1.82, 2.24) is 0 Å². The second-order valence-corrected chi connectivity index (χ2v) is 4.40. The third-order valence-electron chi connectivity index (χ3n) is 2.70. The Morgan fingerprint density at radius 1 is 1.39 bits per heavy atom. The normalized spacial score (nSPS) is 11.4. The van der Waals surface area contributed by atoms with Crippen molar-refractivity contribution in [2.75, 3.05) is 24.3 Å². The van der Waals surface area contributed by atoms with E-state index >= 15 is 0 Å². The van der Waals surface area contributed by atoms with E-state index in [1.54, 1.807) is 0 Å². The van der Waals surface area contributed by atoms with Gasteiger partial charge in [0.15, 0.2) is 0 Å². The van der Waals surface area contributed by atoms with Crippen LogP contribution in [0.3, 0.4) is 0 Å². The molecule has 1 aromatic rings. The van der Waals surface area contributed by atoms with Crippen LogP contribution in [0.15, 0.2) is 24.3 Å². The molecule has 0 saturated carbocycles. The molecular formula is C14H19N3O. The Hall–Kier alpha value is -2.02. The number of carbonyl (C=O) groups excluding carboxylic acids is 1. The predicted molar refractivity (Wildman–Crippen MR) is 73.4 cm³/mol. The summed E-state index contributed by atoms with van der Waals surface area (Å²) in [6.45, 7) is 1.96. The summed E-state index contributed by atoms with van der Waals surface area (Å²) in [5, 5.41) is 11.7. The summed E-state index contributed by atoms with van der Waals surface area (Å²) in [7, 11) is 3.92. The summed E-state index contributed by atoms with van der Waals surface area (Å²) in [6.07, 6.45) is 1.42. The van der Waals surface area contributed by atoms with Gasteiger partial charge in [-0.1, -0.05) is 13.3 Å². The van der Waals surface area contributed by atoms with Crippen LogP contribution in [-0.2, 0) is 4.79 Å². The minimum atomic E-state index is -0.566. The van der Waals surface area contributed by atoms with Crippen LogP contribution in [0.1, 0.15) is 19.8 Å². The Labute approximate surface area is 108 Å². The molecule has 0 aliphatic carbocycles. The Morgan fingerprint density at radius 2 is 2.00 bits per heavy atom. The number of amides is 1. The van der Waals surface area contributed by atoms with E-state index in [2.05, 4.69) is 5.32 Å². The number of nitriles is 1. The number of nitrogens with zero attached hydrogens (tertiary/aromatic N) is 2. The number of rotatable bonds is 5. The zero-order chi connectivity index (χ0) is 13.5. The van der Waals surface area contributed by atoms with Gasteiger partial charge in [0.25, 0.3) is 0 Å².